The minimum atomic E-state index is -0.217. The highest BCUT2D eigenvalue weighted by molar-refractivity contribution is 4.85. The molecule has 0 aromatic heterocycles. The zero-order valence-corrected chi connectivity index (χ0v) is 9.09. The third kappa shape index (κ3) is 3.28. The van der Waals surface area contributed by atoms with E-state index in [-0.39, 0.29) is 6.10 Å². The van der Waals surface area contributed by atoms with E-state index in [1.165, 1.54) is 25.7 Å². The average Bonchev–Trinajstić information content (AvgIpc) is 2.50. The highest BCUT2D eigenvalue weighted by atomic mass is 16.3. The maximum Gasteiger partial charge on any atom is 0.0667 e. The molecule has 1 rings (SSSR count). The highest BCUT2D eigenvalue weighted by Crippen LogP contribution is 2.29. The first-order valence-electron chi connectivity index (χ1n) is 5.55. The topological polar surface area (TPSA) is 32.3 Å². The van der Waals surface area contributed by atoms with Crippen molar-refractivity contribution in [3.8, 4) is 0 Å². The fraction of sp³-hybridized carbons (Fsp3) is 1.00. The number of aliphatic hydroxyl groups is 1. The zero-order valence-electron chi connectivity index (χ0n) is 9.09. The van der Waals surface area contributed by atoms with E-state index < -0.39 is 0 Å². The van der Waals surface area contributed by atoms with Crippen LogP contribution in [0.5, 0.6) is 0 Å². The summed E-state index contributed by atoms with van der Waals surface area (Å²) in [5.74, 6) is 0.697. The summed E-state index contributed by atoms with van der Waals surface area (Å²) in [6, 6.07) is 0.780. The lowest BCUT2D eigenvalue weighted by Crippen LogP contribution is -2.46. The summed E-state index contributed by atoms with van der Waals surface area (Å²) in [7, 11) is 0. The van der Waals surface area contributed by atoms with Gasteiger partial charge in [0.05, 0.1) is 6.10 Å². The van der Waals surface area contributed by atoms with Gasteiger partial charge in [-0.2, -0.15) is 0 Å². The lowest BCUT2D eigenvalue weighted by Gasteiger charge is -2.29. The van der Waals surface area contributed by atoms with Crippen LogP contribution in [0.25, 0.3) is 0 Å². The molecule has 0 radical (unpaired) electrons. The van der Waals surface area contributed by atoms with Crippen LogP contribution in [0.3, 0.4) is 0 Å². The third-order valence-corrected chi connectivity index (χ3v) is 2.95. The summed E-state index contributed by atoms with van der Waals surface area (Å²) in [4.78, 5) is 0. The van der Waals surface area contributed by atoms with Gasteiger partial charge in [-0.15, -0.1) is 0 Å². The minimum absolute atomic E-state index is 0.217. The largest absolute Gasteiger partial charge is 0.392 e. The Kier molecular flexibility index (Phi) is 4.20. The Balaban J connectivity index is 2.45. The molecule has 0 aromatic carbocycles. The van der Waals surface area contributed by atoms with Gasteiger partial charge < -0.3 is 10.4 Å². The van der Waals surface area contributed by atoms with E-state index >= 15 is 0 Å². The summed E-state index contributed by atoms with van der Waals surface area (Å²) in [5.41, 5.74) is 0. The van der Waals surface area contributed by atoms with Crippen molar-refractivity contribution < 1.29 is 5.11 Å². The Morgan fingerprint density at radius 3 is 2.08 bits per heavy atom. The Labute approximate surface area is 81.7 Å². The van der Waals surface area contributed by atoms with Crippen LogP contribution in [-0.2, 0) is 0 Å². The predicted molar refractivity (Wildman–Crippen MR) is 55.7 cm³/mol. The van der Waals surface area contributed by atoms with E-state index in [9.17, 15) is 5.11 Å². The molecule has 0 spiro atoms. The molecular weight excluding hydrogens is 162 g/mol. The second-order valence-corrected chi connectivity index (χ2v) is 4.63. The van der Waals surface area contributed by atoms with Crippen LogP contribution in [0.1, 0.15) is 46.5 Å². The summed E-state index contributed by atoms with van der Waals surface area (Å²) >= 11 is 0. The average molecular weight is 185 g/mol. The molecule has 2 nitrogen and oxygen atoms in total. The molecule has 2 atom stereocenters. The number of rotatable bonds is 4. The van der Waals surface area contributed by atoms with Gasteiger partial charge in [0.25, 0.3) is 0 Å². The van der Waals surface area contributed by atoms with E-state index in [1.54, 1.807) is 0 Å². The molecule has 13 heavy (non-hydrogen) atoms. The van der Waals surface area contributed by atoms with Gasteiger partial charge in [-0.3, -0.25) is 0 Å². The van der Waals surface area contributed by atoms with Gasteiger partial charge in [0.1, 0.15) is 0 Å². The van der Waals surface area contributed by atoms with Crippen molar-refractivity contribution in [2.75, 3.05) is 0 Å². The van der Waals surface area contributed by atoms with Gasteiger partial charge in [-0.05, 0) is 25.7 Å². The predicted octanol–water partition coefficient (Wildman–Crippen LogP) is 1.92. The van der Waals surface area contributed by atoms with Gasteiger partial charge in [-0.25, -0.2) is 0 Å². The third-order valence-electron chi connectivity index (χ3n) is 2.95. The second-order valence-electron chi connectivity index (χ2n) is 4.63. The molecule has 78 valence electrons. The minimum Gasteiger partial charge on any atom is -0.392 e. The summed E-state index contributed by atoms with van der Waals surface area (Å²) < 4.78 is 0. The Hall–Kier alpha value is -0.0800. The molecule has 1 saturated carbocycles. The number of aliphatic hydroxyl groups excluding tert-OH is 1. The van der Waals surface area contributed by atoms with Crippen LogP contribution in [0.4, 0.5) is 0 Å². The molecule has 0 amide bonds. The van der Waals surface area contributed by atoms with Crippen molar-refractivity contribution in [3.05, 3.63) is 0 Å². The first-order chi connectivity index (χ1) is 6.11. The van der Waals surface area contributed by atoms with Crippen LogP contribution in [0.2, 0.25) is 0 Å². The molecule has 1 aliphatic carbocycles. The maximum absolute atomic E-state index is 9.66. The SMILES string of the molecule is CC(C)NC(C(C)O)C1CCCC1. The second kappa shape index (κ2) is 4.97. The lowest BCUT2D eigenvalue weighted by atomic mass is 9.93. The van der Waals surface area contributed by atoms with Crippen LogP contribution < -0.4 is 5.32 Å². The number of hydrogen-bond acceptors (Lipinski definition) is 2. The van der Waals surface area contributed by atoms with Crippen LogP contribution in [-0.4, -0.2) is 23.3 Å². The Morgan fingerprint density at radius 1 is 1.15 bits per heavy atom. The van der Waals surface area contributed by atoms with Crippen molar-refractivity contribution in [1.82, 2.24) is 5.32 Å². The van der Waals surface area contributed by atoms with Gasteiger partial charge in [0.2, 0.25) is 0 Å². The van der Waals surface area contributed by atoms with Gasteiger partial charge in [0.15, 0.2) is 0 Å². The Morgan fingerprint density at radius 2 is 1.69 bits per heavy atom. The van der Waals surface area contributed by atoms with E-state index in [0.29, 0.717) is 18.0 Å². The molecule has 0 aliphatic heterocycles. The summed E-state index contributed by atoms with van der Waals surface area (Å²) in [6.45, 7) is 6.19. The first kappa shape index (κ1) is 11.0. The van der Waals surface area contributed by atoms with Gasteiger partial charge >= 0.3 is 0 Å². The van der Waals surface area contributed by atoms with Crippen LogP contribution in [0, 0.1) is 5.92 Å². The maximum atomic E-state index is 9.66. The smallest absolute Gasteiger partial charge is 0.0667 e. The molecule has 2 heteroatoms. The van der Waals surface area contributed by atoms with Gasteiger partial charge in [0, 0.05) is 12.1 Å². The van der Waals surface area contributed by atoms with Crippen LogP contribution in [0.15, 0.2) is 0 Å². The van der Waals surface area contributed by atoms with Crippen molar-refractivity contribution in [2.45, 2.75) is 64.6 Å². The Bertz CT molecular complexity index is 139. The summed E-state index contributed by atoms with van der Waals surface area (Å²) in [5, 5.41) is 13.1. The standard InChI is InChI=1S/C11H23NO/c1-8(2)12-11(9(3)13)10-6-4-5-7-10/h8-13H,4-7H2,1-3H3. The first-order valence-corrected chi connectivity index (χ1v) is 5.55. The highest BCUT2D eigenvalue weighted by Gasteiger charge is 2.28. The molecular formula is C11H23NO. The zero-order chi connectivity index (χ0) is 9.84. The van der Waals surface area contributed by atoms with Crippen molar-refractivity contribution in [1.29, 1.82) is 0 Å². The van der Waals surface area contributed by atoms with E-state index in [0.717, 1.165) is 0 Å². The van der Waals surface area contributed by atoms with Gasteiger partial charge in [-0.1, -0.05) is 26.7 Å². The molecule has 0 bridgehead atoms. The fourth-order valence-corrected chi connectivity index (χ4v) is 2.37. The molecule has 1 fully saturated rings. The van der Waals surface area contributed by atoms with E-state index in [4.69, 9.17) is 0 Å². The normalized spacial score (nSPS) is 23.8. The van der Waals surface area contributed by atoms with E-state index in [1.807, 2.05) is 6.92 Å². The summed E-state index contributed by atoms with van der Waals surface area (Å²) in [6.07, 6.45) is 5.04. The molecule has 0 heterocycles. The number of hydrogen-bond donors (Lipinski definition) is 2. The van der Waals surface area contributed by atoms with Crippen molar-refractivity contribution in [3.63, 3.8) is 0 Å². The lowest BCUT2D eigenvalue weighted by molar-refractivity contribution is 0.108. The molecule has 2 unspecified atom stereocenters. The molecule has 0 saturated heterocycles. The number of nitrogens with one attached hydrogen (secondary N) is 1. The van der Waals surface area contributed by atoms with Crippen molar-refractivity contribution >= 4 is 0 Å². The monoisotopic (exact) mass is 185 g/mol. The fourth-order valence-electron chi connectivity index (χ4n) is 2.37. The van der Waals surface area contributed by atoms with E-state index in [2.05, 4.69) is 19.2 Å². The molecule has 0 aromatic rings. The van der Waals surface area contributed by atoms with Crippen LogP contribution >= 0.6 is 0 Å². The van der Waals surface area contributed by atoms with Crippen molar-refractivity contribution in [2.24, 2.45) is 5.92 Å². The quantitative estimate of drug-likeness (QED) is 0.701. The molecule has 1 aliphatic rings. The molecule has 2 N–H and O–H groups in total.